The summed E-state index contributed by atoms with van der Waals surface area (Å²) in [5.41, 5.74) is 0.455. The first-order valence-corrected chi connectivity index (χ1v) is 6.67. The van der Waals surface area contributed by atoms with Crippen molar-refractivity contribution in [2.45, 2.75) is 13.3 Å². The van der Waals surface area contributed by atoms with Crippen LogP contribution in [0.2, 0.25) is 0 Å². The summed E-state index contributed by atoms with van der Waals surface area (Å²) in [6.45, 7) is 1.93. The van der Waals surface area contributed by atoms with Crippen molar-refractivity contribution in [2.24, 2.45) is 13.0 Å². The normalized spacial score (nSPS) is 12.1. The number of hydrogen-bond donors (Lipinski definition) is 2. The highest BCUT2D eigenvalue weighted by molar-refractivity contribution is 5.97. The second-order valence-electron chi connectivity index (χ2n) is 4.88. The minimum Gasteiger partial charge on any atom is -0.481 e. The van der Waals surface area contributed by atoms with Gasteiger partial charge in [-0.1, -0.05) is 6.92 Å². The summed E-state index contributed by atoms with van der Waals surface area (Å²) in [7, 11) is 1.76. The van der Waals surface area contributed by atoms with Crippen LogP contribution in [-0.2, 0) is 11.8 Å². The van der Waals surface area contributed by atoms with E-state index in [1.54, 1.807) is 18.7 Å². The van der Waals surface area contributed by atoms with Crippen LogP contribution in [0.25, 0.3) is 5.82 Å². The van der Waals surface area contributed by atoms with Gasteiger partial charge in [-0.15, -0.1) is 0 Å². The molecule has 2 rings (SSSR count). The zero-order valence-corrected chi connectivity index (χ0v) is 12.0. The molecule has 0 aliphatic carbocycles. The number of carboxylic acids is 1. The Balaban J connectivity index is 2.05. The first-order chi connectivity index (χ1) is 10.0. The maximum absolute atomic E-state index is 12.2. The summed E-state index contributed by atoms with van der Waals surface area (Å²) in [5, 5.41) is 15.6. The van der Waals surface area contributed by atoms with E-state index in [0.717, 1.165) is 0 Å². The highest BCUT2D eigenvalue weighted by Crippen LogP contribution is 2.13. The first-order valence-electron chi connectivity index (χ1n) is 6.67. The van der Waals surface area contributed by atoms with E-state index < -0.39 is 11.9 Å². The van der Waals surface area contributed by atoms with Crippen molar-refractivity contribution < 1.29 is 14.7 Å². The van der Waals surface area contributed by atoms with Crippen LogP contribution < -0.4 is 5.32 Å². The Hall–Kier alpha value is -2.57. The molecule has 1 amide bonds. The molecule has 7 heteroatoms. The van der Waals surface area contributed by atoms with Gasteiger partial charge in [0.2, 0.25) is 0 Å². The van der Waals surface area contributed by atoms with Gasteiger partial charge >= 0.3 is 5.97 Å². The van der Waals surface area contributed by atoms with E-state index in [9.17, 15) is 9.59 Å². The van der Waals surface area contributed by atoms with E-state index in [2.05, 4.69) is 10.4 Å². The number of carbonyl (C=O) groups is 2. The Bertz CT molecular complexity index is 631. The van der Waals surface area contributed by atoms with Crippen molar-refractivity contribution in [1.29, 1.82) is 0 Å². The quantitative estimate of drug-likeness (QED) is 0.832. The Morgan fingerprint density at radius 3 is 2.67 bits per heavy atom. The van der Waals surface area contributed by atoms with Crippen molar-refractivity contribution in [1.82, 2.24) is 19.7 Å². The topological polar surface area (TPSA) is 89.2 Å². The molecule has 0 bridgehead atoms. The SMILES string of the molecule is CC(CCNC(=O)c1cnn(C)c1-n1cccc1)C(=O)O. The molecule has 0 saturated carbocycles. The number of amides is 1. The second kappa shape index (κ2) is 6.25. The van der Waals surface area contributed by atoms with Crippen LogP contribution in [-0.4, -0.2) is 37.9 Å². The van der Waals surface area contributed by atoms with E-state index in [-0.39, 0.29) is 5.91 Å². The van der Waals surface area contributed by atoms with Crippen LogP contribution in [0, 0.1) is 5.92 Å². The highest BCUT2D eigenvalue weighted by Gasteiger charge is 2.17. The third-order valence-corrected chi connectivity index (χ3v) is 3.29. The van der Waals surface area contributed by atoms with E-state index in [1.165, 1.54) is 6.20 Å². The maximum Gasteiger partial charge on any atom is 0.306 e. The maximum atomic E-state index is 12.2. The van der Waals surface area contributed by atoms with Gasteiger partial charge in [-0.2, -0.15) is 5.10 Å². The van der Waals surface area contributed by atoms with Gasteiger partial charge in [-0.3, -0.25) is 14.3 Å². The minimum atomic E-state index is -0.862. The van der Waals surface area contributed by atoms with Crippen LogP contribution in [0.5, 0.6) is 0 Å². The summed E-state index contributed by atoms with van der Waals surface area (Å²) in [5.74, 6) is -0.935. The van der Waals surface area contributed by atoms with Crippen LogP contribution in [0.3, 0.4) is 0 Å². The molecule has 0 aliphatic heterocycles. The van der Waals surface area contributed by atoms with Crippen LogP contribution >= 0.6 is 0 Å². The molecule has 0 fully saturated rings. The fourth-order valence-electron chi connectivity index (χ4n) is 1.99. The molecule has 2 N–H and O–H groups in total. The summed E-state index contributed by atoms with van der Waals surface area (Å²) in [6.07, 6.45) is 5.56. The van der Waals surface area contributed by atoms with Crippen molar-refractivity contribution >= 4 is 11.9 Å². The summed E-state index contributed by atoms with van der Waals surface area (Å²) >= 11 is 0. The molecule has 0 saturated heterocycles. The highest BCUT2D eigenvalue weighted by atomic mass is 16.4. The number of aryl methyl sites for hydroxylation is 1. The third-order valence-electron chi connectivity index (χ3n) is 3.29. The fourth-order valence-corrected chi connectivity index (χ4v) is 1.99. The number of rotatable bonds is 6. The Kier molecular flexibility index (Phi) is 4.42. The summed E-state index contributed by atoms with van der Waals surface area (Å²) in [6, 6.07) is 3.73. The lowest BCUT2D eigenvalue weighted by molar-refractivity contribution is -0.141. The van der Waals surface area contributed by atoms with E-state index in [1.807, 2.05) is 29.1 Å². The molecular weight excluding hydrogens is 272 g/mol. The van der Waals surface area contributed by atoms with Gasteiger partial charge in [0.1, 0.15) is 11.4 Å². The number of hydrogen-bond acceptors (Lipinski definition) is 3. The molecule has 2 heterocycles. The fraction of sp³-hybridized carbons (Fsp3) is 0.357. The van der Waals surface area contributed by atoms with Crippen LogP contribution in [0.15, 0.2) is 30.7 Å². The third kappa shape index (κ3) is 3.31. The second-order valence-corrected chi connectivity index (χ2v) is 4.88. The number of carbonyl (C=O) groups excluding carboxylic acids is 1. The molecule has 7 nitrogen and oxygen atoms in total. The Labute approximate surface area is 122 Å². The van der Waals surface area contributed by atoms with Gasteiger partial charge in [0.15, 0.2) is 0 Å². The lowest BCUT2D eigenvalue weighted by Gasteiger charge is -2.09. The van der Waals surface area contributed by atoms with E-state index >= 15 is 0 Å². The van der Waals surface area contributed by atoms with Crippen molar-refractivity contribution in [3.05, 3.63) is 36.3 Å². The van der Waals surface area contributed by atoms with Gasteiger partial charge in [-0.05, 0) is 18.6 Å². The Morgan fingerprint density at radius 2 is 2.05 bits per heavy atom. The molecule has 1 unspecified atom stereocenters. The molecule has 2 aromatic rings. The largest absolute Gasteiger partial charge is 0.481 e. The zero-order chi connectivity index (χ0) is 15.4. The van der Waals surface area contributed by atoms with Crippen molar-refractivity contribution in [2.75, 3.05) is 6.54 Å². The number of nitrogens with one attached hydrogen (secondary N) is 1. The molecule has 2 aromatic heterocycles. The van der Waals surface area contributed by atoms with E-state index in [4.69, 9.17) is 5.11 Å². The summed E-state index contributed by atoms with van der Waals surface area (Å²) in [4.78, 5) is 22.9. The standard InChI is InChI=1S/C14H18N4O3/c1-10(14(20)21)5-6-15-12(19)11-9-16-17(2)13(11)18-7-3-4-8-18/h3-4,7-10H,5-6H2,1-2H3,(H,15,19)(H,20,21). The average Bonchev–Trinajstić information content (AvgIpc) is 3.06. The molecule has 0 spiro atoms. The number of aromatic nitrogens is 3. The number of carboxylic acid groups (broad SMARTS) is 1. The molecule has 1 atom stereocenters. The van der Waals surface area contributed by atoms with Gasteiger partial charge in [0.25, 0.3) is 5.91 Å². The minimum absolute atomic E-state index is 0.260. The summed E-state index contributed by atoms with van der Waals surface area (Å²) < 4.78 is 3.43. The monoisotopic (exact) mass is 290 g/mol. The van der Waals surface area contributed by atoms with Gasteiger partial charge in [0.05, 0.1) is 12.1 Å². The van der Waals surface area contributed by atoms with Crippen molar-refractivity contribution in [3.8, 4) is 5.82 Å². The Morgan fingerprint density at radius 1 is 1.38 bits per heavy atom. The predicted octanol–water partition coefficient (Wildman–Crippen LogP) is 1.05. The van der Waals surface area contributed by atoms with Gasteiger partial charge in [0, 0.05) is 26.0 Å². The van der Waals surface area contributed by atoms with E-state index in [0.29, 0.717) is 24.3 Å². The number of nitrogens with zero attached hydrogens (tertiary/aromatic N) is 3. The molecule has 112 valence electrons. The van der Waals surface area contributed by atoms with Crippen molar-refractivity contribution in [3.63, 3.8) is 0 Å². The lowest BCUT2D eigenvalue weighted by Crippen LogP contribution is -2.27. The van der Waals surface area contributed by atoms with Crippen LogP contribution in [0.1, 0.15) is 23.7 Å². The first kappa shape index (κ1) is 14.8. The number of aliphatic carboxylic acids is 1. The molecule has 0 aliphatic rings. The zero-order valence-electron chi connectivity index (χ0n) is 12.0. The molecule has 0 radical (unpaired) electrons. The molecule has 0 aromatic carbocycles. The smallest absolute Gasteiger partial charge is 0.306 e. The lowest BCUT2D eigenvalue weighted by atomic mass is 10.1. The van der Waals surface area contributed by atoms with Crippen LogP contribution in [0.4, 0.5) is 0 Å². The van der Waals surface area contributed by atoms with Gasteiger partial charge < -0.3 is 15.0 Å². The molecule has 21 heavy (non-hydrogen) atoms. The average molecular weight is 290 g/mol. The van der Waals surface area contributed by atoms with Gasteiger partial charge in [-0.25, -0.2) is 0 Å². The molecular formula is C14H18N4O3. The predicted molar refractivity (Wildman–Crippen MR) is 76.3 cm³/mol.